The van der Waals surface area contributed by atoms with E-state index in [-0.39, 0.29) is 5.75 Å². The monoisotopic (exact) mass is 345 g/mol. The minimum absolute atomic E-state index is 0.0883. The van der Waals surface area contributed by atoms with E-state index in [0.717, 1.165) is 22.9 Å². The summed E-state index contributed by atoms with van der Waals surface area (Å²) in [6.45, 7) is 1.81. The Morgan fingerprint density at radius 1 is 1.38 bits per heavy atom. The maximum absolute atomic E-state index is 10.8. The van der Waals surface area contributed by atoms with E-state index in [9.17, 15) is 9.70 Å². The van der Waals surface area contributed by atoms with Gasteiger partial charge in [0.05, 0.1) is 5.10 Å². The van der Waals surface area contributed by atoms with Crippen molar-refractivity contribution in [3.05, 3.63) is 40.8 Å². The normalized spacial score (nSPS) is 10.7. The van der Waals surface area contributed by atoms with Crippen LogP contribution in [0.3, 0.4) is 0 Å². The van der Waals surface area contributed by atoms with Crippen LogP contribution < -0.4 is 4.98 Å². The fraction of sp³-hybridized carbons (Fsp3) is 0.133. The molecule has 2 heterocycles. The Morgan fingerprint density at radius 3 is 2.92 bits per heavy atom. The van der Waals surface area contributed by atoms with Crippen molar-refractivity contribution in [2.24, 2.45) is 5.18 Å². The number of carboxylic acid groups (broad SMARTS) is 1. The van der Waals surface area contributed by atoms with Gasteiger partial charge in [0.15, 0.2) is 0 Å². The van der Waals surface area contributed by atoms with Crippen molar-refractivity contribution >= 4 is 23.4 Å². The molecule has 0 spiro atoms. The van der Waals surface area contributed by atoms with Crippen molar-refractivity contribution in [3.8, 4) is 22.9 Å². The minimum atomic E-state index is -0.919. The molecule has 0 bridgehead atoms. The molecule has 0 radical (unpaired) electrons. The molecule has 0 aliphatic rings. The van der Waals surface area contributed by atoms with Crippen molar-refractivity contribution in [3.63, 3.8) is 0 Å². The van der Waals surface area contributed by atoms with Gasteiger partial charge in [-0.15, -0.1) is 10.0 Å². The first-order valence-electron chi connectivity index (χ1n) is 6.93. The predicted octanol–water partition coefficient (Wildman–Crippen LogP) is 3.03. The Bertz CT molecular complexity index is 903. The first kappa shape index (κ1) is 15.9. The maximum Gasteiger partial charge on any atom is 0.335 e. The number of rotatable bonds is 6. The van der Waals surface area contributed by atoms with Crippen LogP contribution in [0.1, 0.15) is 5.56 Å². The zero-order valence-corrected chi connectivity index (χ0v) is 13.4. The molecule has 0 atom stereocenters. The fourth-order valence-electron chi connectivity index (χ4n) is 2.07. The minimum Gasteiger partial charge on any atom is -0.481 e. The first-order valence-corrected chi connectivity index (χ1v) is 7.92. The summed E-state index contributed by atoms with van der Waals surface area (Å²) in [5.74, 6) is 0.611. The van der Waals surface area contributed by atoms with Gasteiger partial charge in [-0.1, -0.05) is 12.1 Å². The molecule has 0 fully saturated rings. The molecule has 0 saturated heterocycles. The van der Waals surface area contributed by atoms with Crippen molar-refractivity contribution in [1.82, 2.24) is 10.2 Å². The molecule has 0 aliphatic heterocycles. The average Bonchev–Trinajstić information content (AvgIpc) is 3.22. The quantitative estimate of drug-likeness (QED) is 0.523. The topological polar surface area (TPSA) is 123 Å². The number of benzene rings is 1. The van der Waals surface area contributed by atoms with Crippen LogP contribution in [0, 0.1) is 11.8 Å². The second-order valence-corrected chi connectivity index (χ2v) is 5.93. The number of nitrogens with zero attached hydrogens (tertiary/aromatic N) is 2. The Balaban J connectivity index is 1.83. The van der Waals surface area contributed by atoms with Gasteiger partial charge in [0.25, 0.3) is 5.82 Å². The molecule has 9 heteroatoms. The lowest BCUT2D eigenvalue weighted by Gasteiger charge is -2.00. The highest BCUT2D eigenvalue weighted by molar-refractivity contribution is 7.99. The highest BCUT2D eigenvalue weighted by atomic mass is 32.2. The number of thioether (sulfide) groups is 1. The number of aryl methyl sites for hydroxylation is 1. The summed E-state index contributed by atoms with van der Waals surface area (Å²) in [5.41, 5.74) is 1.90. The molecule has 24 heavy (non-hydrogen) atoms. The largest absolute Gasteiger partial charge is 0.481 e. The van der Waals surface area contributed by atoms with E-state index < -0.39 is 5.97 Å². The standard InChI is InChI=1S/C15H12N4O4S/c1-8-2-3-9(6-10(8)19-22)11-4-5-12(23-11)14-16-15(18-17-14)24-7-13(20)21/h2-6H,7H2,1H3,(H,20,21)(H,16,17,18)/p+1. The van der Waals surface area contributed by atoms with E-state index in [1.165, 1.54) is 0 Å². The molecule has 0 saturated carbocycles. The summed E-state index contributed by atoms with van der Waals surface area (Å²) in [7, 11) is 0. The van der Waals surface area contributed by atoms with Gasteiger partial charge in [-0.25, -0.2) is 4.98 Å². The van der Waals surface area contributed by atoms with Crippen molar-refractivity contribution < 1.29 is 19.3 Å². The number of carboxylic acids is 1. The molecule has 0 aliphatic carbocycles. The number of furan rings is 1. The molecular formula is C15H13N4O4S+. The molecule has 8 nitrogen and oxygen atoms in total. The second kappa shape index (κ2) is 6.67. The number of nitroso groups, excluding NO2 is 1. The highest BCUT2D eigenvalue weighted by Gasteiger charge is 2.18. The van der Waals surface area contributed by atoms with E-state index >= 15 is 0 Å². The van der Waals surface area contributed by atoms with Gasteiger partial charge in [-0.05, 0) is 47.6 Å². The summed E-state index contributed by atoms with van der Waals surface area (Å²) in [4.78, 5) is 24.3. The van der Waals surface area contributed by atoms with Gasteiger partial charge in [0, 0.05) is 5.56 Å². The summed E-state index contributed by atoms with van der Waals surface area (Å²) >= 11 is 1.07. The van der Waals surface area contributed by atoms with E-state index in [2.05, 4.69) is 20.4 Å². The lowest BCUT2D eigenvalue weighted by Crippen LogP contribution is -2.07. The number of carbonyl (C=O) groups is 1. The summed E-state index contributed by atoms with van der Waals surface area (Å²) in [5, 5.41) is 18.9. The Morgan fingerprint density at radius 2 is 2.17 bits per heavy atom. The van der Waals surface area contributed by atoms with Gasteiger partial charge in [-0.2, -0.15) is 0 Å². The lowest BCUT2D eigenvalue weighted by molar-refractivity contribution is -0.415. The number of aliphatic carboxylic acids is 1. The average molecular weight is 345 g/mol. The van der Waals surface area contributed by atoms with Gasteiger partial charge < -0.3 is 9.52 Å². The molecule has 3 aromatic rings. The number of nitrogens with one attached hydrogen (secondary N) is 2. The van der Waals surface area contributed by atoms with Gasteiger partial charge in [0.2, 0.25) is 5.76 Å². The van der Waals surface area contributed by atoms with Crippen LogP contribution in [-0.4, -0.2) is 27.0 Å². The highest BCUT2D eigenvalue weighted by Crippen LogP contribution is 2.30. The van der Waals surface area contributed by atoms with Crippen LogP contribution in [-0.2, 0) is 4.79 Å². The van der Waals surface area contributed by atoms with Crippen molar-refractivity contribution in [2.75, 3.05) is 5.75 Å². The SMILES string of the molecule is Cc1ccc(-c2ccc(-c3[nH]nc(SCC(=O)O)[nH+]3)o2)cc1N=O. The van der Waals surface area contributed by atoms with E-state index in [4.69, 9.17) is 9.52 Å². The fourth-order valence-corrected chi connectivity index (χ4v) is 2.62. The first-order chi connectivity index (χ1) is 11.6. The van der Waals surface area contributed by atoms with Gasteiger partial charge in [0.1, 0.15) is 17.2 Å². The predicted molar refractivity (Wildman–Crippen MR) is 86.8 cm³/mol. The molecular weight excluding hydrogens is 332 g/mol. The smallest absolute Gasteiger partial charge is 0.335 e. The third-order valence-corrected chi connectivity index (χ3v) is 4.14. The number of hydrogen-bond acceptors (Lipinski definition) is 6. The number of aromatic nitrogens is 3. The van der Waals surface area contributed by atoms with Crippen LogP contribution in [0.2, 0.25) is 0 Å². The molecule has 3 rings (SSSR count). The Labute approximate surface area is 140 Å². The van der Waals surface area contributed by atoms with Crippen LogP contribution in [0.4, 0.5) is 5.69 Å². The zero-order chi connectivity index (χ0) is 17.1. The Hall–Kier alpha value is -2.94. The van der Waals surface area contributed by atoms with Crippen LogP contribution in [0.5, 0.6) is 0 Å². The molecule has 3 N–H and O–H groups in total. The third kappa shape index (κ3) is 3.35. The van der Waals surface area contributed by atoms with Crippen LogP contribution in [0.25, 0.3) is 22.9 Å². The molecule has 1 aromatic carbocycles. The van der Waals surface area contributed by atoms with Crippen molar-refractivity contribution in [2.45, 2.75) is 12.1 Å². The number of H-pyrrole nitrogens is 2. The van der Waals surface area contributed by atoms with Crippen LogP contribution >= 0.6 is 11.8 Å². The summed E-state index contributed by atoms with van der Waals surface area (Å²) in [6.07, 6.45) is 0. The van der Waals surface area contributed by atoms with E-state index in [0.29, 0.717) is 28.2 Å². The molecule has 0 amide bonds. The van der Waals surface area contributed by atoms with Gasteiger partial charge in [-0.3, -0.25) is 4.79 Å². The summed E-state index contributed by atoms with van der Waals surface area (Å²) < 4.78 is 5.76. The molecule has 122 valence electrons. The number of aromatic amines is 2. The van der Waals surface area contributed by atoms with Gasteiger partial charge >= 0.3 is 11.1 Å². The Kier molecular flexibility index (Phi) is 4.43. The maximum atomic E-state index is 10.8. The summed E-state index contributed by atoms with van der Waals surface area (Å²) in [6, 6.07) is 8.83. The lowest BCUT2D eigenvalue weighted by atomic mass is 10.1. The van der Waals surface area contributed by atoms with Crippen LogP contribution in [0.15, 0.2) is 45.1 Å². The number of hydrogen-bond donors (Lipinski definition) is 2. The zero-order valence-electron chi connectivity index (χ0n) is 12.6. The van der Waals surface area contributed by atoms with E-state index in [1.807, 2.05) is 13.0 Å². The molecule has 0 unspecified atom stereocenters. The molecule has 2 aromatic heterocycles. The second-order valence-electron chi connectivity index (χ2n) is 4.97. The third-order valence-electron chi connectivity index (χ3n) is 3.28. The van der Waals surface area contributed by atoms with E-state index in [1.54, 1.807) is 24.3 Å². The van der Waals surface area contributed by atoms with Crippen molar-refractivity contribution in [1.29, 1.82) is 0 Å².